The summed E-state index contributed by atoms with van der Waals surface area (Å²) >= 11 is 6.36. The molecule has 0 bridgehead atoms. The van der Waals surface area contributed by atoms with Crippen molar-refractivity contribution in [3.8, 4) is 0 Å². The molecule has 0 unspecified atom stereocenters. The molecular formula is C34H32ClNO3. The molecule has 6 rings (SSSR count). The van der Waals surface area contributed by atoms with Gasteiger partial charge < -0.3 is 4.90 Å². The highest BCUT2D eigenvalue weighted by Gasteiger charge is 2.71. The Morgan fingerprint density at radius 1 is 0.923 bits per heavy atom. The second kappa shape index (κ2) is 8.76. The van der Waals surface area contributed by atoms with Gasteiger partial charge in [-0.05, 0) is 40.8 Å². The number of nitrogens with zero attached hydrogens (tertiary/aromatic N) is 1. The van der Waals surface area contributed by atoms with Gasteiger partial charge in [-0.1, -0.05) is 107 Å². The van der Waals surface area contributed by atoms with E-state index >= 15 is 0 Å². The summed E-state index contributed by atoms with van der Waals surface area (Å²) < 4.78 is 0. The van der Waals surface area contributed by atoms with E-state index in [4.69, 9.17) is 11.6 Å². The molecule has 1 fully saturated rings. The third-order valence-corrected chi connectivity index (χ3v) is 8.97. The number of fused-ring (bicyclic) bond motifs is 5. The smallest absolute Gasteiger partial charge is 0.180 e. The topological polar surface area (TPSA) is 54.5 Å². The Morgan fingerprint density at radius 2 is 1.54 bits per heavy atom. The van der Waals surface area contributed by atoms with Gasteiger partial charge in [0.25, 0.3) is 0 Å². The third-order valence-electron chi connectivity index (χ3n) is 8.74. The summed E-state index contributed by atoms with van der Waals surface area (Å²) in [5.41, 5.74) is 2.36. The number of carbonyl (C=O) groups excluding carboxylic acids is 3. The van der Waals surface area contributed by atoms with Crippen molar-refractivity contribution in [3.63, 3.8) is 0 Å². The quantitative estimate of drug-likeness (QED) is 0.324. The maximum atomic E-state index is 14.6. The highest BCUT2D eigenvalue weighted by Crippen LogP contribution is 2.61. The van der Waals surface area contributed by atoms with Crippen LogP contribution in [-0.2, 0) is 4.79 Å². The molecule has 2 heterocycles. The highest BCUT2D eigenvalue weighted by molar-refractivity contribution is 6.32. The lowest BCUT2D eigenvalue weighted by Crippen LogP contribution is -2.49. The molecule has 198 valence electrons. The number of benzene rings is 3. The molecule has 1 spiro atoms. The molecule has 3 aliphatic rings. The standard InChI is InChI=1S/C34H32ClNO3/c1-19(2)20-10-12-21(13-11-20)28-29(32(39)33(3,4)5)36-26-16-15-23(35)18-22(26)14-17-27(36)34(28)30(37)24-8-6-7-9-25(24)31(34)38/h6-19,27-29H,1-5H3/t27-,28+,29+/m0/s1. The summed E-state index contributed by atoms with van der Waals surface area (Å²) in [6, 6.07) is 19.5. The Bertz CT molecular complexity index is 1520. The van der Waals surface area contributed by atoms with Gasteiger partial charge in [0.15, 0.2) is 17.3 Å². The molecular weight excluding hydrogens is 506 g/mol. The van der Waals surface area contributed by atoms with Gasteiger partial charge in [-0.15, -0.1) is 0 Å². The van der Waals surface area contributed by atoms with Gasteiger partial charge in [0.05, 0.1) is 12.1 Å². The van der Waals surface area contributed by atoms with E-state index in [1.165, 1.54) is 0 Å². The fraction of sp³-hybridized carbons (Fsp3) is 0.324. The van der Waals surface area contributed by atoms with E-state index in [2.05, 4.69) is 26.0 Å². The molecule has 0 N–H and O–H groups in total. The lowest BCUT2D eigenvalue weighted by molar-refractivity contribution is -0.127. The third kappa shape index (κ3) is 3.54. The fourth-order valence-electron chi connectivity index (χ4n) is 6.85. The van der Waals surface area contributed by atoms with Crippen LogP contribution in [0.3, 0.4) is 0 Å². The molecule has 0 amide bonds. The van der Waals surface area contributed by atoms with Gasteiger partial charge in [0.1, 0.15) is 5.41 Å². The van der Waals surface area contributed by atoms with E-state index in [1.54, 1.807) is 30.3 Å². The maximum Gasteiger partial charge on any atom is 0.180 e. The highest BCUT2D eigenvalue weighted by atomic mass is 35.5. The molecule has 3 aromatic carbocycles. The summed E-state index contributed by atoms with van der Waals surface area (Å²) in [5, 5.41) is 0.589. The minimum absolute atomic E-state index is 0.00457. The van der Waals surface area contributed by atoms with Crippen LogP contribution in [0.4, 0.5) is 5.69 Å². The van der Waals surface area contributed by atoms with Crippen molar-refractivity contribution >= 4 is 40.7 Å². The number of halogens is 1. The van der Waals surface area contributed by atoms with Crippen LogP contribution in [0.2, 0.25) is 5.02 Å². The van der Waals surface area contributed by atoms with Crippen LogP contribution in [-0.4, -0.2) is 29.4 Å². The lowest BCUT2D eigenvalue weighted by Gasteiger charge is -2.38. The van der Waals surface area contributed by atoms with Crippen LogP contribution in [0.25, 0.3) is 6.08 Å². The van der Waals surface area contributed by atoms with Crippen LogP contribution in [0, 0.1) is 10.8 Å². The van der Waals surface area contributed by atoms with E-state index in [1.807, 2.05) is 62.1 Å². The molecule has 4 nitrogen and oxygen atoms in total. The van der Waals surface area contributed by atoms with Gasteiger partial charge in [-0.25, -0.2) is 0 Å². The summed E-state index contributed by atoms with van der Waals surface area (Å²) in [7, 11) is 0. The van der Waals surface area contributed by atoms with E-state index in [-0.39, 0.29) is 17.3 Å². The first kappa shape index (κ1) is 25.8. The van der Waals surface area contributed by atoms with E-state index in [9.17, 15) is 14.4 Å². The Kier molecular flexibility index (Phi) is 5.78. The van der Waals surface area contributed by atoms with Gasteiger partial charge in [0.2, 0.25) is 0 Å². The lowest BCUT2D eigenvalue weighted by atomic mass is 9.63. The van der Waals surface area contributed by atoms with Crippen molar-refractivity contribution in [3.05, 3.63) is 106 Å². The van der Waals surface area contributed by atoms with E-state index in [0.29, 0.717) is 22.1 Å². The van der Waals surface area contributed by atoms with Crippen LogP contribution in [0.5, 0.6) is 0 Å². The Morgan fingerprint density at radius 3 is 2.10 bits per heavy atom. The fourth-order valence-corrected chi connectivity index (χ4v) is 7.03. The molecule has 3 aromatic rings. The molecule has 0 aromatic heterocycles. The zero-order chi connectivity index (χ0) is 27.9. The van der Waals surface area contributed by atoms with Crippen molar-refractivity contribution in [1.82, 2.24) is 0 Å². The Balaban J connectivity index is 1.68. The van der Waals surface area contributed by atoms with Gasteiger partial charge in [-0.2, -0.15) is 0 Å². The van der Waals surface area contributed by atoms with Crippen LogP contribution < -0.4 is 4.90 Å². The van der Waals surface area contributed by atoms with Crippen molar-refractivity contribution in [2.45, 2.75) is 58.5 Å². The zero-order valence-electron chi connectivity index (χ0n) is 22.9. The molecule has 5 heteroatoms. The molecule has 1 saturated heterocycles. The molecule has 3 atom stereocenters. The summed E-state index contributed by atoms with van der Waals surface area (Å²) in [5.74, 6) is -0.762. The van der Waals surface area contributed by atoms with Crippen molar-refractivity contribution < 1.29 is 14.4 Å². The predicted molar refractivity (Wildman–Crippen MR) is 156 cm³/mol. The monoisotopic (exact) mass is 537 g/mol. The average Bonchev–Trinajstić information content (AvgIpc) is 3.33. The molecule has 2 aliphatic heterocycles. The minimum atomic E-state index is -1.47. The zero-order valence-corrected chi connectivity index (χ0v) is 23.6. The second-order valence-corrected chi connectivity index (χ2v) is 12.8. The molecule has 1 aliphatic carbocycles. The number of hydrogen-bond donors (Lipinski definition) is 0. The molecule has 0 radical (unpaired) electrons. The van der Waals surface area contributed by atoms with Crippen molar-refractivity contribution in [1.29, 1.82) is 0 Å². The number of anilines is 1. The van der Waals surface area contributed by atoms with Crippen LogP contribution in [0.1, 0.15) is 83.9 Å². The molecule has 39 heavy (non-hydrogen) atoms. The first-order valence-corrected chi connectivity index (χ1v) is 13.9. The number of carbonyl (C=O) groups is 3. The van der Waals surface area contributed by atoms with Crippen molar-refractivity contribution in [2.24, 2.45) is 10.8 Å². The van der Waals surface area contributed by atoms with Crippen LogP contribution in [0.15, 0.2) is 72.8 Å². The second-order valence-electron chi connectivity index (χ2n) is 12.3. The van der Waals surface area contributed by atoms with E-state index in [0.717, 1.165) is 22.4 Å². The van der Waals surface area contributed by atoms with E-state index < -0.39 is 28.8 Å². The van der Waals surface area contributed by atoms with Crippen molar-refractivity contribution in [2.75, 3.05) is 4.90 Å². The maximum absolute atomic E-state index is 14.6. The van der Waals surface area contributed by atoms with Gasteiger partial charge >= 0.3 is 0 Å². The largest absolute Gasteiger partial charge is 0.352 e. The van der Waals surface area contributed by atoms with Gasteiger partial charge in [-0.3, -0.25) is 14.4 Å². The first-order valence-electron chi connectivity index (χ1n) is 13.6. The number of Topliss-reactive ketones (excluding diaryl/α,β-unsaturated/α-hetero) is 3. The first-order chi connectivity index (χ1) is 18.5. The Hall–Kier alpha value is -3.50. The summed E-state index contributed by atoms with van der Waals surface area (Å²) in [6.45, 7) is 9.98. The normalized spacial score (nSPS) is 22.8. The van der Waals surface area contributed by atoms with Crippen LogP contribution >= 0.6 is 11.6 Å². The number of ketones is 3. The number of rotatable bonds is 3. The minimum Gasteiger partial charge on any atom is -0.352 e. The number of hydrogen-bond acceptors (Lipinski definition) is 4. The predicted octanol–water partition coefficient (Wildman–Crippen LogP) is 7.51. The Labute approximate surface area is 234 Å². The summed E-state index contributed by atoms with van der Waals surface area (Å²) in [4.78, 5) is 45.7. The molecule has 0 saturated carbocycles. The van der Waals surface area contributed by atoms with Gasteiger partial charge in [0, 0.05) is 33.2 Å². The summed E-state index contributed by atoms with van der Waals surface area (Å²) in [6.07, 6.45) is 3.88. The SMILES string of the molecule is CC(C)c1ccc([C@@H]2[C@H](C(=O)C(C)(C)C)N3c4ccc(Cl)cc4C=C[C@H]3C23C(=O)c2ccccc2C3=O)cc1. The average molecular weight is 538 g/mol.